The third-order valence-corrected chi connectivity index (χ3v) is 5.91. The van der Waals surface area contributed by atoms with Gasteiger partial charge in [0.25, 0.3) is 0 Å². The Morgan fingerprint density at radius 3 is 2.34 bits per heavy atom. The molecule has 2 fully saturated rings. The van der Waals surface area contributed by atoms with Crippen LogP contribution in [0.25, 0.3) is 0 Å². The van der Waals surface area contributed by atoms with Crippen molar-refractivity contribution in [3.63, 3.8) is 0 Å². The zero-order chi connectivity index (χ0) is 24.3. The summed E-state index contributed by atoms with van der Waals surface area (Å²) in [5.41, 5.74) is 1.68. The number of hydrogen-bond acceptors (Lipinski definition) is 5. The number of halogens is 3. The Labute approximate surface area is 216 Å². The normalized spacial score (nSPS) is 16.6. The molecule has 9 heteroatoms. The number of aliphatic imine (C=N–C) groups is 1. The average molecular weight is 475 g/mol. The van der Waals surface area contributed by atoms with Gasteiger partial charge in [0.2, 0.25) is 0 Å². The first-order chi connectivity index (χ1) is 16.2. The Morgan fingerprint density at radius 1 is 1.11 bits per heavy atom. The van der Waals surface area contributed by atoms with Crippen LogP contribution in [0.15, 0.2) is 59.1 Å². The van der Waals surface area contributed by atoms with Crippen LogP contribution in [0.5, 0.6) is 5.75 Å². The molecule has 1 aromatic heterocycles. The van der Waals surface area contributed by atoms with Crippen LogP contribution in [0.3, 0.4) is 0 Å². The van der Waals surface area contributed by atoms with E-state index in [2.05, 4.69) is 9.98 Å². The predicted octanol–water partition coefficient (Wildman–Crippen LogP) is 2.97. The SMILES string of the molecule is [CH-]=C(C)N=CC(=[CH-])N1CCC(N(c2ccc(C(F)(F)F)cc2)c2cnccc2OC2CC2)CC1.[Li+]. The van der Waals surface area contributed by atoms with Crippen molar-refractivity contribution >= 4 is 17.6 Å². The molecule has 0 amide bonds. The molecule has 1 aromatic carbocycles. The first kappa shape index (κ1) is 26.9. The second kappa shape index (κ2) is 11.4. The maximum atomic E-state index is 13.2. The standard InChI is InChI=1S/C26H27F3N4O.Li/c1-18(2)31-16-19(3)32-14-11-22(12-15-32)33(21-6-4-20(5-7-21)26(27,28)29)24-17-30-13-10-25(24)34-23-8-9-23;/h1,3-7,10,13,16-17,22-23H,8-9,11-12,14-15H2,2H3;/q-2;+1. The van der Waals surface area contributed by atoms with Gasteiger partial charge in [-0.3, -0.25) is 11.6 Å². The van der Waals surface area contributed by atoms with E-state index in [0.29, 0.717) is 35.9 Å². The summed E-state index contributed by atoms with van der Waals surface area (Å²) in [5, 5.41) is 0. The van der Waals surface area contributed by atoms with Gasteiger partial charge in [0.15, 0.2) is 0 Å². The number of ether oxygens (including phenoxy) is 1. The topological polar surface area (TPSA) is 41.0 Å². The molecule has 5 nitrogen and oxygen atoms in total. The molecule has 1 saturated carbocycles. The summed E-state index contributed by atoms with van der Waals surface area (Å²) in [6.07, 6.45) is 4.18. The number of allylic oxidation sites excluding steroid dienone is 2. The Morgan fingerprint density at radius 2 is 1.77 bits per heavy atom. The van der Waals surface area contributed by atoms with E-state index < -0.39 is 11.7 Å². The third-order valence-electron chi connectivity index (χ3n) is 5.91. The Balaban J connectivity index is 0.00000342. The largest absolute Gasteiger partial charge is 1.00 e. The van der Waals surface area contributed by atoms with Gasteiger partial charge in [0.05, 0.1) is 17.9 Å². The number of hydrogen-bond donors (Lipinski definition) is 0. The molecule has 0 atom stereocenters. The second-order valence-electron chi connectivity index (χ2n) is 8.62. The molecule has 1 saturated heterocycles. The van der Waals surface area contributed by atoms with E-state index in [0.717, 1.165) is 43.5 Å². The van der Waals surface area contributed by atoms with Gasteiger partial charge in [-0.2, -0.15) is 18.9 Å². The molecule has 0 radical (unpaired) electrons. The molecule has 0 spiro atoms. The monoisotopic (exact) mass is 475 g/mol. The van der Waals surface area contributed by atoms with Crippen molar-refractivity contribution in [2.45, 2.75) is 50.9 Å². The van der Waals surface area contributed by atoms with E-state index >= 15 is 0 Å². The van der Waals surface area contributed by atoms with E-state index in [1.807, 2.05) is 15.9 Å². The molecule has 0 bridgehead atoms. The molecule has 1 aliphatic heterocycles. The van der Waals surface area contributed by atoms with Crippen LogP contribution >= 0.6 is 0 Å². The van der Waals surface area contributed by atoms with Crippen LogP contribution < -0.4 is 28.5 Å². The van der Waals surface area contributed by atoms with Crippen molar-refractivity contribution in [2.75, 3.05) is 18.0 Å². The zero-order valence-electron chi connectivity index (χ0n) is 20.0. The summed E-state index contributed by atoms with van der Waals surface area (Å²) in [6.45, 7) is 14.8. The smallest absolute Gasteiger partial charge is 0.493 e. The summed E-state index contributed by atoms with van der Waals surface area (Å²) in [7, 11) is 0. The number of anilines is 2. The number of likely N-dealkylation sites (tertiary alicyclic amines) is 1. The fourth-order valence-corrected chi connectivity index (χ4v) is 4.01. The van der Waals surface area contributed by atoms with E-state index in [-0.39, 0.29) is 31.0 Å². The van der Waals surface area contributed by atoms with Gasteiger partial charge in [-0.15, -0.1) is 11.9 Å². The predicted molar refractivity (Wildman–Crippen MR) is 126 cm³/mol. The fourth-order valence-electron chi connectivity index (χ4n) is 4.01. The summed E-state index contributed by atoms with van der Waals surface area (Å²) in [4.78, 5) is 12.4. The molecular formula is C26H27F3LiN4O-. The van der Waals surface area contributed by atoms with E-state index in [1.165, 1.54) is 12.1 Å². The molecule has 2 aliphatic rings. The van der Waals surface area contributed by atoms with Crippen LogP contribution in [0.2, 0.25) is 0 Å². The average Bonchev–Trinajstić information content (AvgIpc) is 3.63. The molecule has 2 heterocycles. The van der Waals surface area contributed by atoms with Crippen molar-refractivity contribution < 1.29 is 36.8 Å². The summed E-state index contributed by atoms with van der Waals surface area (Å²) < 4.78 is 45.6. The molecule has 35 heavy (non-hydrogen) atoms. The van der Waals surface area contributed by atoms with Crippen LogP contribution in [-0.4, -0.2) is 41.3 Å². The fraction of sp³-hybridized carbons (Fsp3) is 0.385. The minimum atomic E-state index is -4.39. The van der Waals surface area contributed by atoms with Gasteiger partial charge in [0.1, 0.15) is 11.4 Å². The van der Waals surface area contributed by atoms with Gasteiger partial charge < -0.3 is 26.1 Å². The number of benzene rings is 1. The van der Waals surface area contributed by atoms with Crippen molar-refractivity contribution in [3.8, 4) is 5.75 Å². The van der Waals surface area contributed by atoms with E-state index in [4.69, 9.17) is 17.9 Å². The Bertz CT molecular complexity index is 1060. The molecular weight excluding hydrogens is 448 g/mol. The van der Waals surface area contributed by atoms with Crippen molar-refractivity contribution in [3.05, 3.63) is 72.8 Å². The van der Waals surface area contributed by atoms with Gasteiger partial charge in [0, 0.05) is 37.1 Å². The minimum Gasteiger partial charge on any atom is -0.493 e. The summed E-state index contributed by atoms with van der Waals surface area (Å²) in [6, 6.07) is 7.08. The number of aromatic nitrogens is 1. The Kier molecular flexibility index (Phi) is 8.73. The van der Waals surface area contributed by atoms with Gasteiger partial charge in [-0.05, 0) is 49.9 Å². The zero-order valence-corrected chi connectivity index (χ0v) is 20.0. The summed E-state index contributed by atoms with van der Waals surface area (Å²) in [5.74, 6) is 0.687. The van der Waals surface area contributed by atoms with Crippen LogP contribution in [0, 0.1) is 13.2 Å². The number of piperidine rings is 1. The molecule has 4 rings (SSSR count). The van der Waals surface area contributed by atoms with Crippen molar-refractivity contribution in [1.29, 1.82) is 0 Å². The molecule has 1 aliphatic carbocycles. The van der Waals surface area contributed by atoms with Crippen LogP contribution in [0.4, 0.5) is 24.5 Å². The molecule has 2 aromatic rings. The van der Waals surface area contributed by atoms with Gasteiger partial charge >= 0.3 is 25.0 Å². The van der Waals surface area contributed by atoms with E-state index in [9.17, 15) is 13.2 Å². The number of alkyl halides is 3. The van der Waals surface area contributed by atoms with E-state index in [1.54, 1.807) is 25.5 Å². The number of pyridine rings is 1. The number of rotatable bonds is 8. The van der Waals surface area contributed by atoms with Crippen molar-refractivity contribution in [2.24, 2.45) is 4.99 Å². The minimum absolute atomic E-state index is 0. The maximum Gasteiger partial charge on any atom is 1.00 e. The van der Waals surface area contributed by atoms with Gasteiger partial charge in [-0.1, -0.05) is 6.92 Å². The van der Waals surface area contributed by atoms with Crippen LogP contribution in [-0.2, 0) is 6.18 Å². The first-order valence-corrected chi connectivity index (χ1v) is 11.3. The number of nitrogens with zero attached hydrogens (tertiary/aromatic N) is 4. The molecule has 0 unspecified atom stereocenters. The van der Waals surface area contributed by atoms with Crippen molar-refractivity contribution in [1.82, 2.24) is 9.88 Å². The van der Waals surface area contributed by atoms with Gasteiger partial charge in [-0.25, -0.2) is 0 Å². The second-order valence-corrected chi connectivity index (χ2v) is 8.62. The molecule has 180 valence electrons. The van der Waals surface area contributed by atoms with Crippen LogP contribution in [0.1, 0.15) is 38.2 Å². The molecule has 0 N–H and O–H groups in total. The maximum absolute atomic E-state index is 13.2. The third kappa shape index (κ3) is 6.93. The quantitative estimate of drug-likeness (QED) is 0.335. The Hall–Kier alpha value is -2.69. The summed E-state index contributed by atoms with van der Waals surface area (Å²) >= 11 is 0. The first-order valence-electron chi connectivity index (χ1n) is 11.3.